The van der Waals surface area contributed by atoms with Crippen molar-refractivity contribution in [3.63, 3.8) is 0 Å². The first-order valence-corrected chi connectivity index (χ1v) is 6.72. The molecule has 0 atom stereocenters. The summed E-state index contributed by atoms with van der Waals surface area (Å²) >= 11 is 0.151. The van der Waals surface area contributed by atoms with Gasteiger partial charge in [0, 0.05) is 9.79 Å². The van der Waals surface area contributed by atoms with Gasteiger partial charge in [-0.2, -0.15) is 26.3 Å². The predicted molar refractivity (Wildman–Crippen MR) is 66.9 cm³/mol. The zero-order valence-electron chi connectivity index (χ0n) is 10.9. The smallest absolute Gasteiger partial charge is 0.205 e. The third kappa shape index (κ3) is 3.77. The Bertz CT molecular complexity index is 656. The molecule has 124 valence electrons. The first-order chi connectivity index (χ1) is 10.5. The number of hydrogen-bond acceptors (Lipinski definition) is 1. The first kappa shape index (κ1) is 17.6. The summed E-state index contributed by atoms with van der Waals surface area (Å²) in [6, 6.07) is 4.60. The molecular weight excluding hydrogens is 352 g/mol. The summed E-state index contributed by atoms with van der Waals surface area (Å²) in [6.07, 6.45) is -9.93. The second kappa shape index (κ2) is 6.03. The van der Waals surface area contributed by atoms with E-state index in [9.17, 15) is 35.1 Å². The van der Waals surface area contributed by atoms with Crippen LogP contribution in [0.1, 0.15) is 11.1 Å². The summed E-state index contributed by atoms with van der Waals surface area (Å²) in [5.74, 6) is -3.33. The topological polar surface area (TPSA) is 0 Å². The zero-order chi connectivity index (χ0) is 17.4. The van der Waals surface area contributed by atoms with Crippen LogP contribution in [0.25, 0.3) is 0 Å². The van der Waals surface area contributed by atoms with E-state index >= 15 is 0 Å². The molecule has 0 aliphatic heterocycles. The summed E-state index contributed by atoms with van der Waals surface area (Å²) < 4.78 is 103. The lowest BCUT2D eigenvalue weighted by Crippen LogP contribution is -2.09. The van der Waals surface area contributed by atoms with Crippen molar-refractivity contribution in [2.75, 3.05) is 0 Å². The van der Waals surface area contributed by atoms with Crippen LogP contribution in [0.5, 0.6) is 0 Å². The van der Waals surface area contributed by atoms with Gasteiger partial charge in [0.15, 0.2) is 0 Å². The highest BCUT2D eigenvalue weighted by atomic mass is 32.2. The number of hydrogen-bond donors (Lipinski definition) is 0. The van der Waals surface area contributed by atoms with Crippen LogP contribution in [0.2, 0.25) is 0 Å². The Morgan fingerprint density at radius 2 is 0.957 bits per heavy atom. The van der Waals surface area contributed by atoms with Gasteiger partial charge in [0.2, 0.25) is 0 Å². The van der Waals surface area contributed by atoms with Gasteiger partial charge in [-0.15, -0.1) is 0 Å². The van der Waals surface area contributed by atoms with Gasteiger partial charge in [-0.05, 0) is 24.3 Å². The van der Waals surface area contributed by atoms with Crippen molar-refractivity contribution in [1.29, 1.82) is 0 Å². The van der Waals surface area contributed by atoms with Gasteiger partial charge in [0.05, 0.1) is 11.1 Å². The quantitative estimate of drug-likeness (QED) is 0.580. The molecule has 0 aliphatic rings. The monoisotopic (exact) mass is 358 g/mol. The lowest BCUT2D eigenvalue weighted by atomic mass is 10.2. The highest BCUT2D eigenvalue weighted by Gasteiger charge is 2.36. The van der Waals surface area contributed by atoms with E-state index in [4.69, 9.17) is 0 Å². The Hall–Kier alpha value is -1.77. The van der Waals surface area contributed by atoms with E-state index in [-0.39, 0.29) is 11.8 Å². The Morgan fingerprint density at radius 3 is 1.26 bits per heavy atom. The molecule has 0 nitrogen and oxygen atoms in total. The second-order valence-electron chi connectivity index (χ2n) is 4.33. The molecule has 0 unspecified atom stereocenters. The van der Waals surface area contributed by atoms with Crippen molar-refractivity contribution < 1.29 is 35.1 Å². The average molecular weight is 358 g/mol. The zero-order valence-corrected chi connectivity index (χ0v) is 11.7. The fourth-order valence-electron chi connectivity index (χ4n) is 1.74. The van der Waals surface area contributed by atoms with Crippen molar-refractivity contribution in [3.05, 3.63) is 59.2 Å². The molecule has 0 saturated carbocycles. The summed E-state index contributed by atoms with van der Waals surface area (Å²) in [5.41, 5.74) is -3.15. The minimum absolute atomic E-state index is 0.151. The third-order valence-electron chi connectivity index (χ3n) is 2.76. The van der Waals surface area contributed by atoms with Crippen LogP contribution < -0.4 is 0 Å². The summed E-state index contributed by atoms with van der Waals surface area (Å²) in [7, 11) is 0. The normalized spacial score (nSPS) is 12.5. The van der Waals surface area contributed by atoms with E-state index in [1.165, 1.54) is 0 Å². The predicted octanol–water partition coefficient (Wildman–Crippen LogP) is 6.15. The Morgan fingerprint density at radius 1 is 0.609 bits per heavy atom. The van der Waals surface area contributed by atoms with Crippen LogP contribution in [0.15, 0.2) is 46.2 Å². The molecule has 0 saturated heterocycles. The van der Waals surface area contributed by atoms with Crippen molar-refractivity contribution in [1.82, 2.24) is 0 Å². The summed E-state index contributed by atoms with van der Waals surface area (Å²) in [6.45, 7) is 0. The van der Waals surface area contributed by atoms with Crippen LogP contribution >= 0.6 is 11.8 Å². The van der Waals surface area contributed by atoms with Gasteiger partial charge in [-0.1, -0.05) is 23.9 Å². The van der Waals surface area contributed by atoms with Crippen molar-refractivity contribution >= 4 is 11.8 Å². The van der Waals surface area contributed by atoms with Gasteiger partial charge in [0.1, 0.15) is 11.6 Å². The number of rotatable bonds is 2. The molecule has 0 fully saturated rings. The number of alkyl halides is 6. The third-order valence-corrected chi connectivity index (χ3v) is 3.83. The second-order valence-corrected chi connectivity index (χ2v) is 5.42. The molecule has 23 heavy (non-hydrogen) atoms. The van der Waals surface area contributed by atoms with E-state index in [1.54, 1.807) is 0 Å². The highest BCUT2D eigenvalue weighted by molar-refractivity contribution is 7.99. The fourth-order valence-corrected chi connectivity index (χ4v) is 2.66. The van der Waals surface area contributed by atoms with E-state index in [1.807, 2.05) is 0 Å². The van der Waals surface area contributed by atoms with Crippen molar-refractivity contribution in [2.24, 2.45) is 0 Å². The van der Waals surface area contributed by atoms with Gasteiger partial charge in [0.25, 0.3) is 0 Å². The van der Waals surface area contributed by atoms with Gasteiger partial charge in [-0.3, -0.25) is 0 Å². The van der Waals surface area contributed by atoms with E-state index < -0.39 is 44.9 Å². The van der Waals surface area contributed by atoms with Gasteiger partial charge < -0.3 is 0 Å². The largest absolute Gasteiger partial charge is 0.419 e. The molecule has 2 aromatic rings. The molecule has 9 heteroatoms. The van der Waals surface area contributed by atoms with Gasteiger partial charge in [-0.25, -0.2) is 8.78 Å². The molecule has 0 bridgehead atoms. The maximum atomic E-state index is 13.8. The molecule has 0 heterocycles. The fraction of sp³-hybridized carbons (Fsp3) is 0.143. The number of halogens is 8. The lowest BCUT2D eigenvalue weighted by molar-refractivity contribution is -0.141. The molecule has 2 rings (SSSR count). The van der Waals surface area contributed by atoms with Crippen LogP contribution in [0, 0.1) is 11.6 Å². The Balaban J connectivity index is 2.46. The molecule has 0 aliphatic carbocycles. The summed E-state index contributed by atoms with van der Waals surface area (Å²) in [4.78, 5) is -1.25. The molecule has 0 aromatic heterocycles. The molecule has 2 aromatic carbocycles. The molecule has 0 amide bonds. The SMILES string of the molecule is Fc1c(Sc2cccc(C(F)(F)F)c2F)cccc1C(F)(F)F. The van der Waals surface area contributed by atoms with Crippen LogP contribution in [-0.4, -0.2) is 0 Å². The molecule has 0 N–H and O–H groups in total. The van der Waals surface area contributed by atoms with Crippen molar-refractivity contribution in [3.8, 4) is 0 Å². The lowest BCUT2D eigenvalue weighted by Gasteiger charge is -2.13. The number of benzene rings is 2. The first-order valence-electron chi connectivity index (χ1n) is 5.91. The average Bonchev–Trinajstić information content (AvgIpc) is 2.40. The van der Waals surface area contributed by atoms with Crippen molar-refractivity contribution in [2.45, 2.75) is 22.1 Å². The molecular formula is C14H6F8S. The standard InChI is InChI=1S/C14H6F8S/c15-11-7(13(17,18)19)3-1-5-9(11)23-10-6-2-4-8(12(10)16)14(20,21)22/h1-6H. The maximum absolute atomic E-state index is 13.8. The van der Waals surface area contributed by atoms with E-state index in [0.29, 0.717) is 12.1 Å². The van der Waals surface area contributed by atoms with E-state index in [0.717, 1.165) is 24.3 Å². The Kier molecular flexibility index (Phi) is 4.61. The molecule has 0 radical (unpaired) electrons. The van der Waals surface area contributed by atoms with E-state index in [2.05, 4.69) is 0 Å². The maximum Gasteiger partial charge on any atom is 0.419 e. The molecule has 0 spiro atoms. The summed E-state index contributed by atoms with van der Waals surface area (Å²) in [5, 5.41) is 0. The highest BCUT2D eigenvalue weighted by Crippen LogP contribution is 2.40. The van der Waals surface area contributed by atoms with Crippen LogP contribution in [-0.2, 0) is 12.4 Å². The van der Waals surface area contributed by atoms with Gasteiger partial charge >= 0.3 is 12.4 Å². The van der Waals surface area contributed by atoms with Crippen LogP contribution in [0.3, 0.4) is 0 Å². The minimum Gasteiger partial charge on any atom is -0.205 e. The minimum atomic E-state index is -4.97. The Labute approximate surface area is 129 Å². The van der Waals surface area contributed by atoms with Crippen LogP contribution in [0.4, 0.5) is 35.1 Å².